The van der Waals surface area contributed by atoms with Crippen LogP contribution in [0, 0.1) is 0 Å². The van der Waals surface area contributed by atoms with E-state index >= 15 is 0 Å². The van der Waals surface area contributed by atoms with Crippen molar-refractivity contribution in [1.82, 2.24) is 4.98 Å². The highest BCUT2D eigenvalue weighted by molar-refractivity contribution is 6.02. The largest absolute Gasteiger partial charge is 0.411 e. The Morgan fingerprint density at radius 3 is 2.94 bits per heavy atom. The number of para-hydroxylation sites is 1. The van der Waals surface area contributed by atoms with Gasteiger partial charge in [0.2, 0.25) is 0 Å². The zero-order valence-electron chi connectivity index (χ0n) is 8.85. The van der Waals surface area contributed by atoms with Crippen molar-refractivity contribution in [2.45, 2.75) is 19.3 Å². The Bertz CT molecular complexity index is 575. The highest BCUT2D eigenvalue weighted by Crippen LogP contribution is 2.24. The maximum Gasteiger partial charge on any atom is 0.105 e. The molecule has 0 saturated heterocycles. The normalized spacial score (nSPS) is 17.6. The molecule has 3 rings (SSSR count). The molecule has 0 amide bonds. The van der Waals surface area contributed by atoms with Gasteiger partial charge in [0, 0.05) is 5.39 Å². The number of nitrogens with zero attached hydrogens (tertiary/aromatic N) is 2. The van der Waals surface area contributed by atoms with Crippen LogP contribution in [-0.2, 0) is 6.42 Å². The van der Waals surface area contributed by atoms with Crippen molar-refractivity contribution in [2.75, 3.05) is 0 Å². The van der Waals surface area contributed by atoms with E-state index in [1.807, 2.05) is 18.2 Å². The van der Waals surface area contributed by atoms with Crippen molar-refractivity contribution < 1.29 is 5.21 Å². The summed E-state index contributed by atoms with van der Waals surface area (Å²) in [6, 6.07) is 10.2. The number of rotatable bonds is 0. The van der Waals surface area contributed by atoms with E-state index in [1.54, 1.807) is 0 Å². The molecular formula is C13H12N2O. The molecule has 3 nitrogen and oxygen atoms in total. The third-order valence-corrected chi connectivity index (χ3v) is 3.06. The van der Waals surface area contributed by atoms with E-state index in [4.69, 9.17) is 5.21 Å². The van der Waals surface area contributed by atoms with Crippen LogP contribution in [0.5, 0.6) is 0 Å². The highest BCUT2D eigenvalue weighted by atomic mass is 16.4. The Balaban J connectivity index is 2.29. The van der Waals surface area contributed by atoms with Gasteiger partial charge in [-0.05, 0) is 37.0 Å². The lowest BCUT2D eigenvalue weighted by Crippen LogP contribution is -2.14. The first-order chi connectivity index (χ1) is 7.88. The number of aromatic nitrogens is 1. The fourth-order valence-corrected chi connectivity index (χ4v) is 2.26. The van der Waals surface area contributed by atoms with E-state index in [2.05, 4.69) is 22.3 Å². The van der Waals surface area contributed by atoms with Gasteiger partial charge in [0.05, 0.1) is 11.2 Å². The van der Waals surface area contributed by atoms with Gasteiger partial charge in [0.1, 0.15) is 5.71 Å². The summed E-state index contributed by atoms with van der Waals surface area (Å²) >= 11 is 0. The predicted molar refractivity (Wildman–Crippen MR) is 63.0 cm³/mol. The third-order valence-electron chi connectivity index (χ3n) is 3.06. The van der Waals surface area contributed by atoms with E-state index in [9.17, 15) is 0 Å². The second-order valence-corrected chi connectivity index (χ2v) is 4.09. The van der Waals surface area contributed by atoms with Crippen molar-refractivity contribution in [2.24, 2.45) is 5.16 Å². The SMILES string of the molecule is O/N=C1\CCCc2cc3ccccc3nc21. The van der Waals surface area contributed by atoms with Gasteiger partial charge in [-0.25, -0.2) is 4.98 Å². The molecule has 0 radical (unpaired) electrons. The second-order valence-electron chi connectivity index (χ2n) is 4.09. The first-order valence-corrected chi connectivity index (χ1v) is 5.48. The molecule has 3 heteroatoms. The van der Waals surface area contributed by atoms with Crippen LogP contribution in [-0.4, -0.2) is 15.9 Å². The number of benzene rings is 1. The fourth-order valence-electron chi connectivity index (χ4n) is 2.26. The Morgan fingerprint density at radius 2 is 2.06 bits per heavy atom. The topological polar surface area (TPSA) is 45.5 Å². The summed E-state index contributed by atoms with van der Waals surface area (Å²) in [4.78, 5) is 4.58. The van der Waals surface area contributed by atoms with Crippen LogP contribution in [0.15, 0.2) is 35.5 Å². The van der Waals surface area contributed by atoms with E-state index in [1.165, 1.54) is 5.56 Å². The first kappa shape index (κ1) is 9.33. The smallest absolute Gasteiger partial charge is 0.105 e. The lowest BCUT2D eigenvalue weighted by molar-refractivity contribution is 0.317. The number of pyridine rings is 1. The van der Waals surface area contributed by atoms with Crippen LogP contribution in [0.1, 0.15) is 24.1 Å². The average Bonchev–Trinajstić information content (AvgIpc) is 2.35. The maximum atomic E-state index is 8.96. The Hall–Kier alpha value is -1.90. The standard InChI is InChI=1S/C13H12N2O/c16-15-12-7-3-5-10-8-9-4-1-2-6-11(9)14-13(10)12/h1-2,4,6,8,16H,3,5,7H2/b15-12+. The van der Waals surface area contributed by atoms with E-state index in [0.717, 1.165) is 35.9 Å². The summed E-state index contributed by atoms with van der Waals surface area (Å²) in [5, 5.41) is 13.5. The van der Waals surface area contributed by atoms with Crippen LogP contribution >= 0.6 is 0 Å². The molecule has 16 heavy (non-hydrogen) atoms. The second kappa shape index (κ2) is 3.59. The van der Waals surface area contributed by atoms with Gasteiger partial charge in [-0.1, -0.05) is 23.4 Å². The van der Waals surface area contributed by atoms with Gasteiger partial charge < -0.3 is 5.21 Å². The molecule has 1 heterocycles. The Labute approximate surface area is 93.4 Å². The van der Waals surface area contributed by atoms with Gasteiger partial charge in [-0.15, -0.1) is 0 Å². The molecule has 1 aliphatic carbocycles. The summed E-state index contributed by atoms with van der Waals surface area (Å²) in [6.07, 6.45) is 2.87. The summed E-state index contributed by atoms with van der Waals surface area (Å²) in [7, 11) is 0. The molecule has 2 aromatic rings. The molecule has 1 aromatic carbocycles. The zero-order valence-corrected chi connectivity index (χ0v) is 8.85. The van der Waals surface area contributed by atoms with Crippen LogP contribution < -0.4 is 0 Å². The van der Waals surface area contributed by atoms with Crippen molar-refractivity contribution in [3.8, 4) is 0 Å². The van der Waals surface area contributed by atoms with Gasteiger partial charge in [0.15, 0.2) is 0 Å². The maximum absolute atomic E-state index is 8.96. The van der Waals surface area contributed by atoms with Gasteiger partial charge in [-0.2, -0.15) is 0 Å². The molecule has 0 atom stereocenters. The monoisotopic (exact) mass is 212 g/mol. The summed E-state index contributed by atoms with van der Waals surface area (Å²) < 4.78 is 0. The molecule has 1 aliphatic rings. The molecule has 0 saturated carbocycles. The minimum absolute atomic E-state index is 0.715. The Kier molecular flexibility index (Phi) is 2.10. The molecule has 0 unspecified atom stereocenters. The molecule has 0 fully saturated rings. The highest BCUT2D eigenvalue weighted by Gasteiger charge is 2.18. The van der Waals surface area contributed by atoms with Crippen LogP contribution in [0.4, 0.5) is 0 Å². The zero-order chi connectivity index (χ0) is 11.0. The lowest BCUT2D eigenvalue weighted by Gasteiger charge is -2.16. The Morgan fingerprint density at radius 1 is 1.19 bits per heavy atom. The number of aryl methyl sites for hydroxylation is 1. The first-order valence-electron chi connectivity index (χ1n) is 5.48. The van der Waals surface area contributed by atoms with Crippen molar-refractivity contribution in [3.63, 3.8) is 0 Å². The summed E-state index contributed by atoms with van der Waals surface area (Å²) in [5.41, 5.74) is 3.74. The molecule has 1 N–H and O–H groups in total. The molecule has 0 spiro atoms. The van der Waals surface area contributed by atoms with Crippen LogP contribution in [0.25, 0.3) is 10.9 Å². The van der Waals surface area contributed by atoms with Gasteiger partial charge in [0.25, 0.3) is 0 Å². The van der Waals surface area contributed by atoms with Crippen LogP contribution in [0.3, 0.4) is 0 Å². The van der Waals surface area contributed by atoms with Crippen molar-refractivity contribution in [3.05, 3.63) is 41.6 Å². The quantitative estimate of drug-likeness (QED) is 0.539. The summed E-state index contributed by atoms with van der Waals surface area (Å²) in [5.74, 6) is 0. The predicted octanol–water partition coefficient (Wildman–Crippen LogP) is 2.75. The molecule has 80 valence electrons. The number of hydrogen-bond donors (Lipinski definition) is 1. The van der Waals surface area contributed by atoms with E-state index < -0.39 is 0 Å². The summed E-state index contributed by atoms with van der Waals surface area (Å²) in [6.45, 7) is 0. The molecule has 0 bridgehead atoms. The van der Waals surface area contributed by atoms with Crippen molar-refractivity contribution >= 4 is 16.6 Å². The number of hydrogen-bond acceptors (Lipinski definition) is 3. The molecule has 1 aromatic heterocycles. The number of oxime groups is 1. The van der Waals surface area contributed by atoms with E-state index in [-0.39, 0.29) is 0 Å². The van der Waals surface area contributed by atoms with Crippen molar-refractivity contribution in [1.29, 1.82) is 0 Å². The number of fused-ring (bicyclic) bond motifs is 2. The fraction of sp³-hybridized carbons (Fsp3) is 0.231. The molecular weight excluding hydrogens is 200 g/mol. The lowest BCUT2D eigenvalue weighted by atomic mass is 9.93. The van der Waals surface area contributed by atoms with E-state index in [0.29, 0.717) is 5.71 Å². The minimum Gasteiger partial charge on any atom is -0.411 e. The van der Waals surface area contributed by atoms with Gasteiger partial charge >= 0.3 is 0 Å². The average molecular weight is 212 g/mol. The third kappa shape index (κ3) is 1.36. The minimum atomic E-state index is 0.715. The van der Waals surface area contributed by atoms with Crippen LogP contribution in [0.2, 0.25) is 0 Å². The molecule has 0 aliphatic heterocycles. The van der Waals surface area contributed by atoms with Gasteiger partial charge in [-0.3, -0.25) is 0 Å².